The van der Waals surface area contributed by atoms with Gasteiger partial charge in [0.1, 0.15) is 23.8 Å². The predicted octanol–water partition coefficient (Wildman–Crippen LogP) is 1.84. The summed E-state index contributed by atoms with van der Waals surface area (Å²) in [6.45, 7) is 1.14. The number of hydrogen-bond donors (Lipinski definition) is 2. The van der Waals surface area contributed by atoms with Crippen molar-refractivity contribution in [2.75, 3.05) is 13.2 Å². The van der Waals surface area contributed by atoms with Crippen molar-refractivity contribution in [3.63, 3.8) is 0 Å². The molecule has 0 radical (unpaired) electrons. The molecule has 0 amide bonds. The Hall–Kier alpha value is -2.16. The first kappa shape index (κ1) is 16.3. The zero-order valence-electron chi connectivity index (χ0n) is 13.8. The normalized spacial score (nSPS) is 26.7. The minimum absolute atomic E-state index is 0.0779. The van der Waals surface area contributed by atoms with E-state index >= 15 is 0 Å². The lowest BCUT2D eigenvalue weighted by molar-refractivity contribution is -0.181. The van der Waals surface area contributed by atoms with Gasteiger partial charge in [-0.15, -0.1) is 0 Å². The maximum atomic E-state index is 10.6. The molecule has 0 bridgehead atoms. The Kier molecular flexibility index (Phi) is 4.32. The van der Waals surface area contributed by atoms with E-state index in [4.69, 9.17) is 9.47 Å². The van der Waals surface area contributed by atoms with Crippen molar-refractivity contribution in [3.05, 3.63) is 30.0 Å². The van der Waals surface area contributed by atoms with Crippen LogP contribution in [-0.4, -0.2) is 43.4 Å². The minimum Gasteiger partial charge on any atom is -0.504 e. The van der Waals surface area contributed by atoms with Crippen LogP contribution in [-0.2, 0) is 15.3 Å². The van der Waals surface area contributed by atoms with Gasteiger partial charge in [-0.05, 0) is 31.7 Å². The molecule has 0 aromatic carbocycles. The number of nitrogens with zero attached hydrogens (tertiary/aromatic N) is 4. The van der Waals surface area contributed by atoms with Crippen molar-refractivity contribution in [1.82, 2.24) is 19.9 Å². The van der Waals surface area contributed by atoms with E-state index in [1.54, 1.807) is 6.07 Å². The molecule has 4 heterocycles. The Bertz CT molecular complexity index is 758. The highest BCUT2D eigenvalue weighted by Crippen LogP contribution is 2.37. The lowest BCUT2D eigenvalue weighted by Gasteiger charge is -2.23. The Morgan fingerprint density at radius 3 is 2.80 bits per heavy atom. The Morgan fingerprint density at radius 1 is 1.12 bits per heavy atom. The molecule has 0 saturated carbocycles. The third kappa shape index (κ3) is 3.08. The summed E-state index contributed by atoms with van der Waals surface area (Å²) in [5.74, 6) is -1.26. The fourth-order valence-corrected chi connectivity index (χ4v) is 3.27. The first-order valence-corrected chi connectivity index (χ1v) is 8.53. The minimum atomic E-state index is -1.41. The van der Waals surface area contributed by atoms with Crippen molar-refractivity contribution >= 4 is 0 Å². The molecule has 8 heteroatoms. The number of aliphatic hydroxyl groups is 1. The quantitative estimate of drug-likeness (QED) is 0.868. The molecule has 2 aliphatic heterocycles. The van der Waals surface area contributed by atoms with Gasteiger partial charge < -0.3 is 19.7 Å². The van der Waals surface area contributed by atoms with Crippen molar-refractivity contribution in [2.45, 2.75) is 44.0 Å². The summed E-state index contributed by atoms with van der Waals surface area (Å²) in [4.78, 5) is 16.9. The number of rotatable bonds is 3. The summed E-state index contributed by atoms with van der Waals surface area (Å²) in [5.41, 5.74) is 1.04. The van der Waals surface area contributed by atoms with Crippen LogP contribution in [0.3, 0.4) is 0 Å². The van der Waals surface area contributed by atoms with Crippen molar-refractivity contribution in [1.29, 1.82) is 0 Å². The SMILES string of the molecule is Oc1c(-c2nccc(C3(O)CCCO3)n2)ncnc1C1CCCCO1. The van der Waals surface area contributed by atoms with Gasteiger partial charge in [-0.1, -0.05) is 0 Å². The Balaban J connectivity index is 1.70. The van der Waals surface area contributed by atoms with Crippen LogP contribution < -0.4 is 0 Å². The molecule has 132 valence electrons. The molecule has 2 unspecified atom stereocenters. The highest BCUT2D eigenvalue weighted by Gasteiger charge is 2.36. The molecule has 0 aliphatic carbocycles. The number of aromatic nitrogens is 4. The van der Waals surface area contributed by atoms with E-state index in [-0.39, 0.29) is 23.4 Å². The molecule has 8 nitrogen and oxygen atoms in total. The molecular formula is C17H20N4O4. The molecule has 0 spiro atoms. The van der Waals surface area contributed by atoms with Gasteiger partial charge in [0.2, 0.25) is 5.79 Å². The van der Waals surface area contributed by atoms with E-state index in [1.165, 1.54) is 12.5 Å². The van der Waals surface area contributed by atoms with Crippen LogP contribution in [0.1, 0.15) is 49.6 Å². The summed E-state index contributed by atoms with van der Waals surface area (Å²) in [7, 11) is 0. The average Bonchev–Trinajstić information content (AvgIpc) is 3.11. The van der Waals surface area contributed by atoms with Crippen molar-refractivity contribution in [2.24, 2.45) is 0 Å². The second-order valence-corrected chi connectivity index (χ2v) is 6.31. The van der Waals surface area contributed by atoms with Gasteiger partial charge >= 0.3 is 0 Å². The second-order valence-electron chi connectivity index (χ2n) is 6.31. The van der Waals surface area contributed by atoms with Crippen LogP contribution in [0.25, 0.3) is 11.5 Å². The van der Waals surface area contributed by atoms with Gasteiger partial charge in [-0.3, -0.25) is 0 Å². The average molecular weight is 344 g/mol. The van der Waals surface area contributed by atoms with Gasteiger partial charge in [0.05, 0.1) is 6.61 Å². The zero-order chi connectivity index (χ0) is 17.3. The van der Waals surface area contributed by atoms with Gasteiger partial charge in [-0.2, -0.15) is 0 Å². The first-order valence-electron chi connectivity index (χ1n) is 8.53. The fourth-order valence-electron chi connectivity index (χ4n) is 3.27. The molecule has 2 N–H and O–H groups in total. The fraction of sp³-hybridized carbons (Fsp3) is 0.529. The summed E-state index contributed by atoms with van der Waals surface area (Å²) < 4.78 is 11.1. The topological polar surface area (TPSA) is 110 Å². The molecule has 2 aliphatic rings. The molecule has 4 rings (SSSR count). The van der Waals surface area contributed by atoms with E-state index < -0.39 is 5.79 Å². The van der Waals surface area contributed by atoms with Crippen molar-refractivity contribution < 1.29 is 19.7 Å². The van der Waals surface area contributed by atoms with Crippen LogP contribution in [0.5, 0.6) is 5.75 Å². The zero-order valence-corrected chi connectivity index (χ0v) is 13.8. The van der Waals surface area contributed by atoms with E-state index in [9.17, 15) is 10.2 Å². The first-order chi connectivity index (χ1) is 12.2. The Labute approximate surface area is 144 Å². The van der Waals surface area contributed by atoms with Crippen LogP contribution in [0.4, 0.5) is 0 Å². The van der Waals surface area contributed by atoms with Crippen LogP contribution >= 0.6 is 0 Å². The van der Waals surface area contributed by atoms with Crippen LogP contribution in [0.2, 0.25) is 0 Å². The van der Waals surface area contributed by atoms with Gasteiger partial charge in [0.25, 0.3) is 0 Å². The summed E-state index contributed by atoms with van der Waals surface area (Å²) in [6, 6.07) is 1.61. The van der Waals surface area contributed by atoms with E-state index in [1.807, 2.05) is 0 Å². The number of aromatic hydroxyl groups is 1. The summed E-state index contributed by atoms with van der Waals surface area (Å²) in [5, 5.41) is 21.2. The number of hydrogen-bond acceptors (Lipinski definition) is 8. The summed E-state index contributed by atoms with van der Waals surface area (Å²) in [6.07, 6.45) is 6.73. The Morgan fingerprint density at radius 2 is 2.04 bits per heavy atom. The maximum Gasteiger partial charge on any atom is 0.210 e. The summed E-state index contributed by atoms with van der Waals surface area (Å²) >= 11 is 0. The standard InChI is InChI=1S/C17H20N4O4/c22-15-13(11-4-1-2-8-24-11)19-10-20-14(15)16-18-7-5-12(21-16)17(23)6-3-9-25-17/h5,7,10-11,22-23H,1-4,6,8-9H2. The van der Waals surface area contributed by atoms with Crippen molar-refractivity contribution in [3.8, 4) is 17.3 Å². The van der Waals surface area contributed by atoms with E-state index in [2.05, 4.69) is 19.9 Å². The highest BCUT2D eigenvalue weighted by molar-refractivity contribution is 5.59. The molecule has 2 aromatic rings. The lowest BCUT2D eigenvalue weighted by Crippen LogP contribution is -2.25. The number of ether oxygens (including phenoxy) is 2. The predicted molar refractivity (Wildman–Crippen MR) is 86.3 cm³/mol. The molecule has 2 aromatic heterocycles. The van der Waals surface area contributed by atoms with Crippen LogP contribution in [0, 0.1) is 0 Å². The van der Waals surface area contributed by atoms with E-state index in [0.29, 0.717) is 31.0 Å². The molecular weight excluding hydrogens is 324 g/mol. The molecule has 25 heavy (non-hydrogen) atoms. The second kappa shape index (κ2) is 6.62. The monoisotopic (exact) mass is 344 g/mol. The lowest BCUT2D eigenvalue weighted by atomic mass is 10.0. The van der Waals surface area contributed by atoms with Gasteiger partial charge in [0.15, 0.2) is 17.3 Å². The third-order valence-electron chi connectivity index (χ3n) is 4.60. The molecule has 2 atom stereocenters. The van der Waals surface area contributed by atoms with Crippen LogP contribution in [0.15, 0.2) is 18.6 Å². The van der Waals surface area contributed by atoms with Gasteiger partial charge in [0, 0.05) is 19.2 Å². The smallest absolute Gasteiger partial charge is 0.210 e. The molecule has 2 saturated heterocycles. The van der Waals surface area contributed by atoms with E-state index in [0.717, 1.165) is 25.7 Å². The highest BCUT2D eigenvalue weighted by atomic mass is 16.6. The van der Waals surface area contributed by atoms with Gasteiger partial charge in [-0.25, -0.2) is 19.9 Å². The largest absolute Gasteiger partial charge is 0.504 e. The molecule has 2 fully saturated rings. The maximum absolute atomic E-state index is 10.6. The third-order valence-corrected chi connectivity index (χ3v) is 4.60.